The molecule has 1 fully saturated rings. The van der Waals surface area contributed by atoms with Gasteiger partial charge in [0.25, 0.3) is 0 Å². The van der Waals surface area contributed by atoms with Gasteiger partial charge in [-0.3, -0.25) is 4.79 Å². The number of carbonyl (C=O) groups is 2. The monoisotopic (exact) mass is 402 g/mol. The summed E-state index contributed by atoms with van der Waals surface area (Å²) in [5.41, 5.74) is 2.80. The van der Waals surface area contributed by atoms with Gasteiger partial charge < -0.3 is 30.7 Å². The molecule has 6 N–H and O–H groups in total. The number of hydrogen-bond donors (Lipinski definition) is 6. The molecule has 29 heavy (non-hydrogen) atoms. The van der Waals surface area contributed by atoms with Crippen LogP contribution in [-0.2, 0) is 9.53 Å². The van der Waals surface area contributed by atoms with Crippen LogP contribution in [0.3, 0.4) is 0 Å². The first-order valence-corrected chi connectivity index (χ1v) is 8.93. The first kappa shape index (κ1) is 20.5. The van der Waals surface area contributed by atoms with Crippen molar-refractivity contribution in [3.05, 3.63) is 42.5 Å². The van der Waals surface area contributed by atoms with Gasteiger partial charge in [0, 0.05) is 12.3 Å². The summed E-state index contributed by atoms with van der Waals surface area (Å²) >= 11 is 0. The number of anilines is 1. The van der Waals surface area contributed by atoms with E-state index in [1.807, 2.05) is 30.3 Å². The number of urea groups is 1. The van der Waals surface area contributed by atoms with Crippen molar-refractivity contribution in [3.8, 4) is 0 Å². The van der Waals surface area contributed by atoms with E-state index in [2.05, 4.69) is 21.2 Å². The molecule has 10 heteroatoms. The molecule has 0 aromatic heterocycles. The average molecular weight is 402 g/mol. The lowest BCUT2D eigenvalue weighted by atomic mass is 9.97. The fourth-order valence-corrected chi connectivity index (χ4v) is 3.06. The van der Waals surface area contributed by atoms with Crippen LogP contribution < -0.4 is 16.1 Å². The van der Waals surface area contributed by atoms with Crippen molar-refractivity contribution in [1.82, 2.24) is 10.7 Å². The molecule has 0 aliphatic carbocycles. The van der Waals surface area contributed by atoms with Gasteiger partial charge in [-0.2, -0.15) is 0 Å². The molecule has 0 spiro atoms. The first-order chi connectivity index (χ1) is 13.9. The highest BCUT2D eigenvalue weighted by Gasteiger charge is 2.43. The molecule has 1 aliphatic rings. The van der Waals surface area contributed by atoms with E-state index in [0.717, 1.165) is 10.8 Å². The molecule has 3 amide bonds. The Morgan fingerprint density at radius 2 is 1.83 bits per heavy atom. The van der Waals surface area contributed by atoms with E-state index in [1.54, 1.807) is 12.1 Å². The molecule has 1 saturated heterocycles. The third-order valence-electron chi connectivity index (χ3n) is 4.45. The predicted molar refractivity (Wildman–Crippen MR) is 105 cm³/mol. The maximum absolute atomic E-state index is 12.3. The van der Waals surface area contributed by atoms with Crippen molar-refractivity contribution in [1.29, 1.82) is 0 Å². The van der Waals surface area contributed by atoms with Crippen molar-refractivity contribution >= 4 is 34.3 Å². The zero-order chi connectivity index (χ0) is 21.0. The van der Waals surface area contributed by atoms with Crippen molar-refractivity contribution < 1.29 is 29.6 Å². The van der Waals surface area contributed by atoms with Crippen molar-refractivity contribution in [2.24, 2.45) is 5.10 Å². The highest BCUT2D eigenvalue weighted by molar-refractivity contribution is 6.01. The summed E-state index contributed by atoms with van der Waals surface area (Å²) in [6, 6.07) is 11.1. The second kappa shape index (κ2) is 8.86. The fourth-order valence-electron chi connectivity index (χ4n) is 3.06. The quantitative estimate of drug-likeness (QED) is 0.393. The summed E-state index contributed by atoms with van der Waals surface area (Å²) in [4.78, 5) is 23.7. The standard InChI is InChI=1S/C19H22N4O6/c1-10(25)20-15-17(27)16(26)14(9-24)29-18(15)22-23-19(28)21-13-8-4-6-11-5-2-3-7-12(11)13/h2-8,14-17,24,26-27H,9H2,1H3,(H,20,25)(H2,21,23,28)/b22-18-/t14-,15-,16-,17-/m1/s1. The van der Waals surface area contributed by atoms with Crippen molar-refractivity contribution in [2.75, 3.05) is 11.9 Å². The highest BCUT2D eigenvalue weighted by atomic mass is 16.5. The number of ether oxygens (including phenoxy) is 1. The molecule has 2 aromatic rings. The molecule has 0 saturated carbocycles. The van der Waals surface area contributed by atoms with Gasteiger partial charge in [-0.15, -0.1) is 5.10 Å². The first-order valence-electron chi connectivity index (χ1n) is 8.93. The van der Waals surface area contributed by atoms with E-state index in [1.165, 1.54) is 6.92 Å². The lowest BCUT2D eigenvalue weighted by Gasteiger charge is -2.37. The summed E-state index contributed by atoms with van der Waals surface area (Å²) in [6.45, 7) is 0.627. The zero-order valence-electron chi connectivity index (χ0n) is 15.6. The topological polar surface area (TPSA) is 153 Å². The predicted octanol–water partition coefficient (Wildman–Crippen LogP) is -0.108. The molecule has 154 valence electrons. The Labute approximate surface area is 166 Å². The third kappa shape index (κ3) is 4.62. The largest absolute Gasteiger partial charge is 0.470 e. The number of aliphatic hydroxyl groups excluding tert-OH is 3. The Bertz CT molecular complexity index is 929. The van der Waals surface area contributed by atoms with Gasteiger partial charge in [0.2, 0.25) is 11.8 Å². The summed E-state index contributed by atoms with van der Waals surface area (Å²) in [7, 11) is 0. The molecular weight excluding hydrogens is 380 g/mol. The lowest BCUT2D eigenvalue weighted by Crippen LogP contribution is -2.62. The van der Waals surface area contributed by atoms with Crippen LogP contribution in [0.15, 0.2) is 47.6 Å². The summed E-state index contributed by atoms with van der Waals surface area (Å²) in [5, 5.41) is 40.1. The van der Waals surface area contributed by atoms with Gasteiger partial charge >= 0.3 is 6.03 Å². The molecular formula is C19H22N4O6. The van der Waals surface area contributed by atoms with Crippen LogP contribution >= 0.6 is 0 Å². The summed E-state index contributed by atoms with van der Waals surface area (Å²) in [6.07, 6.45) is -4.08. The van der Waals surface area contributed by atoms with Gasteiger partial charge in [-0.1, -0.05) is 36.4 Å². The van der Waals surface area contributed by atoms with Crippen LogP contribution in [0, 0.1) is 0 Å². The number of hydrazone groups is 1. The van der Waals surface area contributed by atoms with E-state index in [9.17, 15) is 24.9 Å². The number of benzene rings is 2. The number of amides is 3. The number of fused-ring (bicyclic) bond motifs is 1. The second-order valence-corrected chi connectivity index (χ2v) is 6.54. The molecule has 0 radical (unpaired) electrons. The lowest BCUT2D eigenvalue weighted by molar-refractivity contribution is -0.125. The number of nitrogens with one attached hydrogen (secondary N) is 3. The minimum Gasteiger partial charge on any atom is -0.470 e. The SMILES string of the molecule is CC(=O)N[C@H]1/C(=N/NC(=O)Nc2cccc3ccccc23)O[C@H](CO)[C@@H](O)[C@@H]1O. The number of aliphatic hydroxyl groups is 3. The van der Waals surface area contributed by atoms with Crippen LogP contribution in [0.5, 0.6) is 0 Å². The maximum atomic E-state index is 12.3. The van der Waals surface area contributed by atoms with Crippen LogP contribution in [0.4, 0.5) is 10.5 Å². The van der Waals surface area contributed by atoms with Gasteiger partial charge in [0.1, 0.15) is 18.2 Å². The van der Waals surface area contributed by atoms with Gasteiger partial charge in [0.15, 0.2) is 6.10 Å². The molecule has 1 aliphatic heterocycles. The van der Waals surface area contributed by atoms with Gasteiger partial charge in [0.05, 0.1) is 12.3 Å². The molecule has 0 bridgehead atoms. The van der Waals surface area contributed by atoms with Crippen LogP contribution in [0.2, 0.25) is 0 Å². The minimum atomic E-state index is -1.48. The molecule has 4 atom stereocenters. The Balaban J connectivity index is 1.76. The van der Waals surface area contributed by atoms with E-state index in [0.29, 0.717) is 5.69 Å². The number of nitrogens with zero attached hydrogens (tertiary/aromatic N) is 1. The zero-order valence-corrected chi connectivity index (χ0v) is 15.6. The second-order valence-electron chi connectivity index (χ2n) is 6.54. The number of rotatable bonds is 4. The number of hydrogen-bond acceptors (Lipinski definition) is 7. The van der Waals surface area contributed by atoms with E-state index >= 15 is 0 Å². The van der Waals surface area contributed by atoms with Crippen LogP contribution in [0.1, 0.15) is 6.92 Å². The van der Waals surface area contributed by atoms with E-state index in [4.69, 9.17) is 4.74 Å². The third-order valence-corrected chi connectivity index (χ3v) is 4.45. The Morgan fingerprint density at radius 1 is 1.10 bits per heavy atom. The Morgan fingerprint density at radius 3 is 2.55 bits per heavy atom. The highest BCUT2D eigenvalue weighted by Crippen LogP contribution is 2.23. The fraction of sp³-hybridized carbons (Fsp3) is 0.316. The maximum Gasteiger partial charge on any atom is 0.339 e. The summed E-state index contributed by atoms with van der Waals surface area (Å²) < 4.78 is 5.34. The average Bonchev–Trinajstić information content (AvgIpc) is 2.71. The van der Waals surface area contributed by atoms with Crippen molar-refractivity contribution in [2.45, 2.75) is 31.3 Å². The van der Waals surface area contributed by atoms with Crippen LogP contribution in [-0.4, -0.2) is 64.1 Å². The van der Waals surface area contributed by atoms with Gasteiger partial charge in [-0.05, 0) is 11.5 Å². The van der Waals surface area contributed by atoms with Crippen LogP contribution in [0.25, 0.3) is 10.8 Å². The normalized spacial score (nSPS) is 25.3. The molecule has 1 heterocycles. The summed E-state index contributed by atoms with van der Waals surface area (Å²) in [5.74, 6) is -0.745. The Hall–Kier alpha value is -3.21. The molecule has 2 aromatic carbocycles. The number of carbonyl (C=O) groups excluding carboxylic acids is 2. The molecule has 3 rings (SSSR count). The Kier molecular flexibility index (Phi) is 6.27. The molecule has 10 nitrogen and oxygen atoms in total. The smallest absolute Gasteiger partial charge is 0.339 e. The van der Waals surface area contributed by atoms with Gasteiger partial charge in [-0.25, -0.2) is 10.2 Å². The van der Waals surface area contributed by atoms with E-state index < -0.39 is 42.9 Å². The van der Waals surface area contributed by atoms with Crippen molar-refractivity contribution in [3.63, 3.8) is 0 Å². The van der Waals surface area contributed by atoms with E-state index in [-0.39, 0.29) is 5.90 Å². The molecule has 0 unspecified atom stereocenters. The minimum absolute atomic E-state index is 0.245.